The van der Waals surface area contributed by atoms with Gasteiger partial charge in [0.2, 0.25) is 0 Å². The first-order chi connectivity index (χ1) is 10.1. The van der Waals surface area contributed by atoms with Crippen molar-refractivity contribution in [2.24, 2.45) is 0 Å². The van der Waals surface area contributed by atoms with Gasteiger partial charge in [0.1, 0.15) is 5.75 Å². The minimum absolute atomic E-state index is 0.0195. The Morgan fingerprint density at radius 2 is 2.19 bits per heavy atom. The van der Waals surface area contributed by atoms with E-state index in [1.165, 1.54) is 12.1 Å². The molecule has 0 saturated carbocycles. The number of halogens is 1. The van der Waals surface area contributed by atoms with Gasteiger partial charge in [-0.3, -0.25) is 4.79 Å². The second kappa shape index (κ2) is 5.83. The number of phenols is 1. The standard InChI is InChI=1S/C15H19ClN2O3/c16-10-1-2-13(19)12(7-10)14(20)18-11-8-15(21-9-11)3-5-17-6-4-15/h1-2,7,11,17,19H,3-6,8-9H2,(H,18,20)/t11-/m1/s1. The van der Waals surface area contributed by atoms with Crippen LogP contribution >= 0.6 is 11.6 Å². The fraction of sp³-hybridized carbons (Fsp3) is 0.533. The van der Waals surface area contributed by atoms with Gasteiger partial charge in [-0.05, 0) is 50.6 Å². The third-order valence-electron chi connectivity index (χ3n) is 4.26. The Hall–Kier alpha value is -1.30. The van der Waals surface area contributed by atoms with Crippen LogP contribution in [-0.4, -0.2) is 42.4 Å². The van der Waals surface area contributed by atoms with E-state index in [4.69, 9.17) is 16.3 Å². The molecule has 0 radical (unpaired) electrons. The van der Waals surface area contributed by atoms with E-state index >= 15 is 0 Å². The quantitative estimate of drug-likeness (QED) is 0.777. The van der Waals surface area contributed by atoms with Gasteiger partial charge >= 0.3 is 0 Å². The summed E-state index contributed by atoms with van der Waals surface area (Å²) in [6, 6.07) is 4.43. The number of nitrogens with one attached hydrogen (secondary N) is 2. The first kappa shape index (κ1) is 14.6. The molecule has 2 aliphatic rings. The topological polar surface area (TPSA) is 70.6 Å². The number of amides is 1. The van der Waals surface area contributed by atoms with Crippen LogP contribution in [0.25, 0.3) is 0 Å². The largest absolute Gasteiger partial charge is 0.507 e. The molecule has 1 spiro atoms. The van der Waals surface area contributed by atoms with Crippen molar-refractivity contribution in [1.29, 1.82) is 0 Å². The monoisotopic (exact) mass is 310 g/mol. The second-order valence-corrected chi connectivity index (χ2v) is 6.22. The molecule has 3 rings (SSSR count). The molecular weight excluding hydrogens is 292 g/mol. The summed E-state index contributed by atoms with van der Waals surface area (Å²) < 4.78 is 5.94. The summed E-state index contributed by atoms with van der Waals surface area (Å²) in [4.78, 5) is 12.2. The van der Waals surface area contributed by atoms with E-state index in [-0.39, 0.29) is 28.9 Å². The van der Waals surface area contributed by atoms with Crippen LogP contribution in [0.2, 0.25) is 5.02 Å². The van der Waals surface area contributed by atoms with E-state index in [1.54, 1.807) is 6.07 Å². The summed E-state index contributed by atoms with van der Waals surface area (Å²) in [5.41, 5.74) is 0.105. The summed E-state index contributed by atoms with van der Waals surface area (Å²) in [7, 11) is 0. The Bertz CT molecular complexity index is 544. The van der Waals surface area contributed by atoms with Crippen molar-refractivity contribution in [3.05, 3.63) is 28.8 Å². The Labute approximate surface area is 128 Å². The lowest BCUT2D eigenvalue weighted by atomic mass is 9.88. The number of carbonyl (C=O) groups excluding carboxylic acids is 1. The highest BCUT2D eigenvalue weighted by atomic mass is 35.5. The highest BCUT2D eigenvalue weighted by molar-refractivity contribution is 6.31. The molecule has 1 aromatic carbocycles. The highest BCUT2D eigenvalue weighted by Gasteiger charge is 2.41. The number of aromatic hydroxyl groups is 1. The second-order valence-electron chi connectivity index (χ2n) is 5.78. The van der Waals surface area contributed by atoms with Crippen molar-refractivity contribution >= 4 is 17.5 Å². The number of hydrogen-bond donors (Lipinski definition) is 3. The van der Waals surface area contributed by atoms with E-state index < -0.39 is 0 Å². The lowest BCUT2D eigenvalue weighted by molar-refractivity contribution is -0.0194. The zero-order valence-corrected chi connectivity index (χ0v) is 12.4. The molecule has 2 saturated heterocycles. The number of hydrogen-bond acceptors (Lipinski definition) is 4. The summed E-state index contributed by atoms with van der Waals surface area (Å²) in [5.74, 6) is -0.373. The Balaban J connectivity index is 1.64. The third kappa shape index (κ3) is 3.15. The molecule has 0 bridgehead atoms. The highest BCUT2D eigenvalue weighted by Crippen LogP contribution is 2.34. The van der Waals surface area contributed by atoms with E-state index in [1.807, 2.05) is 0 Å². The molecule has 114 valence electrons. The van der Waals surface area contributed by atoms with Crippen molar-refractivity contribution < 1.29 is 14.6 Å². The van der Waals surface area contributed by atoms with Crippen LogP contribution < -0.4 is 10.6 Å². The molecule has 3 N–H and O–H groups in total. The van der Waals surface area contributed by atoms with Crippen LogP contribution in [0.3, 0.4) is 0 Å². The number of rotatable bonds is 2. The predicted octanol–water partition coefficient (Wildman–Crippen LogP) is 1.69. The molecule has 1 aromatic rings. The Morgan fingerprint density at radius 1 is 1.43 bits per heavy atom. The molecule has 6 heteroatoms. The molecule has 1 amide bonds. The van der Waals surface area contributed by atoms with Crippen LogP contribution in [0.15, 0.2) is 18.2 Å². The Morgan fingerprint density at radius 3 is 2.95 bits per heavy atom. The molecule has 5 nitrogen and oxygen atoms in total. The van der Waals surface area contributed by atoms with Crippen molar-refractivity contribution in [1.82, 2.24) is 10.6 Å². The average molecular weight is 311 g/mol. The summed E-state index contributed by atoms with van der Waals surface area (Å²) in [6.07, 6.45) is 2.77. The van der Waals surface area contributed by atoms with E-state index in [9.17, 15) is 9.90 Å². The maximum Gasteiger partial charge on any atom is 0.255 e. The fourth-order valence-electron chi connectivity index (χ4n) is 3.12. The van der Waals surface area contributed by atoms with Gasteiger partial charge in [-0.2, -0.15) is 0 Å². The number of ether oxygens (including phenoxy) is 1. The molecular formula is C15H19ClN2O3. The SMILES string of the molecule is O=C(N[C@H]1COC2(CCNCC2)C1)c1cc(Cl)ccc1O. The first-order valence-electron chi connectivity index (χ1n) is 7.22. The molecule has 1 atom stereocenters. The van der Waals surface area contributed by atoms with Crippen LogP contribution in [-0.2, 0) is 4.74 Å². The van der Waals surface area contributed by atoms with Crippen molar-refractivity contribution in [2.45, 2.75) is 30.9 Å². The van der Waals surface area contributed by atoms with E-state index in [0.29, 0.717) is 11.6 Å². The van der Waals surface area contributed by atoms with Gasteiger partial charge < -0.3 is 20.5 Å². The normalized spacial score (nSPS) is 24.1. The van der Waals surface area contributed by atoms with Crippen LogP contribution in [0.4, 0.5) is 0 Å². The van der Waals surface area contributed by atoms with Gasteiger partial charge in [0, 0.05) is 5.02 Å². The molecule has 0 unspecified atom stereocenters. The van der Waals surface area contributed by atoms with Crippen molar-refractivity contribution in [3.63, 3.8) is 0 Å². The molecule has 2 aliphatic heterocycles. The Kier molecular flexibility index (Phi) is 4.06. The lowest BCUT2D eigenvalue weighted by Gasteiger charge is -2.32. The lowest BCUT2D eigenvalue weighted by Crippen LogP contribution is -2.43. The summed E-state index contributed by atoms with van der Waals surface area (Å²) in [6.45, 7) is 2.43. The molecule has 21 heavy (non-hydrogen) atoms. The van der Waals surface area contributed by atoms with Gasteiger partial charge in [0.25, 0.3) is 5.91 Å². The van der Waals surface area contributed by atoms with Gasteiger partial charge in [0.15, 0.2) is 0 Å². The predicted molar refractivity (Wildman–Crippen MR) is 79.8 cm³/mol. The number of phenolic OH excluding ortho intramolecular Hbond substituents is 1. The number of benzene rings is 1. The average Bonchev–Trinajstić information content (AvgIpc) is 2.84. The van der Waals surface area contributed by atoms with Crippen LogP contribution in [0, 0.1) is 0 Å². The summed E-state index contributed by atoms with van der Waals surface area (Å²) in [5, 5.41) is 16.4. The smallest absolute Gasteiger partial charge is 0.255 e. The maximum atomic E-state index is 12.2. The van der Waals surface area contributed by atoms with Crippen LogP contribution in [0.5, 0.6) is 5.75 Å². The minimum atomic E-state index is -0.311. The van der Waals surface area contributed by atoms with E-state index in [2.05, 4.69) is 10.6 Å². The summed E-state index contributed by atoms with van der Waals surface area (Å²) >= 11 is 5.87. The van der Waals surface area contributed by atoms with Gasteiger partial charge in [-0.25, -0.2) is 0 Å². The van der Waals surface area contributed by atoms with E-state index in [0.717, 1.165) is 32.4 Å². The van der Waals surface area contributed by atoms with Crippen molar-refractivity contribution in [2.75, 3.05) is 19.7 Å². The zero-order chi connectivity index (χ0) is 14.9. The molecule has 2 heterocycles. The number of piperidine rings is 1. The maximum absolute atomic E-state index is 12.2. The molecule has 0 aliphatic carbocycles. The fourth-order valence-corrected chi connectivity index (χ4v) is 3.29. The van der Waals surface area contributed by atoms with Crippen molar-refractivity contribution in [3.8, 4) is 5.75 Å². The van der Waals surface area contributed by atoms with Crippen LogP contribution in [0.1, 0.15) is 29.6 Å². The van der Waals surface area contributed by atoms with Gasteiger partial charge in [0.05, 0.1) is 23.8 Å². The van der Waals surface area contributed by atoms with Gasteiger partial charge in [-0.1, -0.05) is 11.6 Å². The molecule has 2 fully saturated rings. The van der Waals surface area contributed by atoms with Gasteiger partial charge in [-0.15, -0.1) is 0 Å². The minimum Gasteiger partial charge on any atom is -0.507 e. The molecule has 0 aromatic heterocycles. The first-order valence-corrected chi connectivity index (χ1v) is 7.60. The third-order valence-corrected chi connectivity index (χ3v) is 4.50. The number of carbonyl (C=O) groups is 1. The zero-order valence-electron chi connectivity index (χ0n) is 11.7.